The lowest BCUT2D eigenvalue weighted by atomic mass is 10.0. The lowest BCUT2D eigenvalue weighted by Crippen LogP contribution is -2.07. The van der Waals surface area contributed by atoms with E-state index < -0.39 is 0 Å². The molecule has 1 amide bonds. The third kappa shape index (κ3) is 4.87. The van der Waals surface area contributed by atoms with Crippen molar-refractivity contribution < 1.29 is 4.79 Å². The smallest absolute Gasteiger partial charge is 0.248 e. The molecule has 0 aliphatic rings. The van der Waals surface area contributed by atoms with E-state index in [0.717, 1.165) is 15.7 Å². The topological polar surface area (TPSA) is 29.1 Å². The van der Waals surface area contributed by atoms with Crippen LogP contribution in [0.5, 0.6) is 0 Å². The number of rotatable bonds is 4. The summed E-state index contributed by atoms with van der Waals surface area (Å²) in [6, 6.07) is 15.7. The molecule has 2 aromatic carbocycles. The van der Waals surface area contributed by atoms with Crippen LogP contribution in [0.1, 0.15) is 30.9 Å². The molecule has 0 fully saturated rings. The fourth-order valence-electron chi connectivity index (χ4n) is 1.88. The molecule has 0 atom stereocenters. The zero-order valence-electron chi connectivity index (χ0n) is 12.1. The predicted octanol–water partition coefficient (Wildman–Crippen LogP) is 5.22. The Morgan fingerprint density at radius 3 is 2.24 bits per heavy atom. The number of nitrogens with one attached hydrogen (secondary N) is 1. The van der Waals surface area contributed by atoms with E-state index >= 15 is 0 Å². The molecule has 0 spiro atoms. The molecule has 2 rings (SSSR count). The molecule has 0 aliphatic carbocycles. The molecule has 2 aromatic rings. The second-order valence-corrected chi connectivity index (χ2v) is 6.07. The molecule has 3 heteroatoms. The van der Waals surface area contributed by atoms with E-state index in [0.29, 0.717) is 5.92 Å². The Labute approximate surface area is 134 Å². The number of halogens is 1. The van der Waals surface area contributed by atoms with Crippen LogP contribution in [-0.2, 0) is 4.79 Å². The second-order valence-electron chi connectivity index (χ2n) is 5.15. The van der Waals surface area contributed by atoms with E-state index in [1.165, 1.54) is 5.56 Å². The Bertz CT molecular complexity index is 627. The summed E-state index contributed by atoms with van der Waals surface area (Å²) in [4.78, 5) is 11.9. The number of carbonyl (C=O) groups excluding carboxylic acids is 1. The quantitative estimate of drug-likeness (QED) is 0.757. The molecule has 2 nitrogen and oxygen atoms in total. The number of amides is 1. The predicted molar refractivity (Wildman–Crippen MR) is 92.3 cm³/mol. The minimum absolute atomic E-state index is 0.129. The summed E-state index contributed by atoms with van der Waals surface area (Å²) in [5.41, 5.74) is 3.06. The van der Waals surface area contributed by atoms with Gasteiger partial charge >= 0.3 is 0 Å². The fourth-order valence-corrected chi connectivity index (χ4v) is 2.15. The van der Waals surface area contributed by atoms with E-state index in [2.05, 4.69) is 35.1 Å². The summed E-state index contributed by atoms with van der Waals surface area (Å²) in [7, 11) is 0. The number of hydrogen-bond acceptors (Lipinski definition) is 1. The molecule has 0 heterocycles. The number of hydrogen-bond donors (Lipinski definition) is 1. The van der Waals surface area contributed by atoms with Crippen LogP contribution in [-0.4, -0.2) is 5.91 Å². The van der Waals surface area contributed by atoms with Crippen molar-refractivity contribution in [1.29, 1.82) is 0 Å². The number of benzene rings is 2. The van der Waals surface area contributed by atoms with Gasteiger partial charge in [0.05, 0.1) is 0 Å². The van der Waals surface area contributed by atoms with Gasteiger partial charge in [0.1, 0.15) is 0 Å². The summed E-state index contributed by atoms with van der Waals surface area (Å²) in [6.45, 7) is 4.29. The van der Waals surface area contributed by atoms with Crippen molar-refractivity contribution in [3.8, 4) is 0 Å². The highest BCUT2D eigenvalue weighted by atomic mass is 79.9. The highest BCUT2D eigenvalue weighted by Crippen LogP contribution is 2.17. The first kappa shape index (κ1) is 15.5. The highest BCUT2D eigenvalue weighted by molar-refractivity contribution is 9.10. The van der Waals surface area contributed by atoms with Crippen molar-refractivity contribution in [2.45, 2.75) is 19.8 Å². The first-order valence-electron chi connectivity index (χ1n) is 6.89. The normalized spacial score (nSPS) is 11.0. The monoisotopic (exact) mass is 343 g/mol. The van der Waals surface area contributed by atoms with Crippen LogP contribution in [0.3, 0.4) is 0 Å². The first-order valence-corrected chi connectivity index (χ1v) is 7.68. The zero-order valence-corrected chi connectivity index (χ0v) is 13.7. The van der Waals surface area contributed by atoms with Crippen molar-refractivity contribution in [2.75, 3.05) is 5.32 Å². The molecule has 0 radical (unpaired) electrons. The maximum absolute atomic E-state index is 11.9. The van der Waals surface area contributed by atoms with E-state index in [4.69, 9.17) is 0 Å². The van der Waals surface area contributed by atoms with Gasteiger partial charge in [0.25, 0.3) is 0 Å². The summed E-state index contributed by atoms with van der Waals surface area (Å²) < 4.78 is 1.02. The lowest BCUT2D eigenvalue weighted by Gasteiger charge is -2.07. The van der Waals surface area contributed by atoms with E-state index in [-0.39, 0.29) is 5.91 Å². The fraction of sp³-hybridized carbons (Fsp3) is 0.167. The van der Waals surface area contributed by atoms with E-state index in [1.54, 1.807) is 12.2 Å². The number of carbonyl (C=O) groups is 1. The molecule has 0 unspecified atom stereocenters. The molecule has 0 bridgehead atoms. The number of anilines is 1. The maximum atomic E-state index is 11.9. The summed E-state index contributed by atoms with van der Waals surface area (Å²) in [5, 5.41) is 2.85. The van der Waals surface area contributed by atoms with E-state index in [1.807, 2.05) is 48.5 Å². The van der Waals surface area contributed by atoms with Gasteiger partial charge in [-0.05, 0) is 47.4 Å². The van der Waals surface area contributed by atoms with Crippen LogP contribution >= 0.6 is 15.9 Å². The molecular weight excluding hydrogens is 326 g/mol. The SMILES string of the molecule is CC(C)c1ccc(NC(=O)C=Cc2ccc(Br)cc2)cc1. The van der Waals surface area contributed by atoms with Gasteiger partial charge in [-0.1, -0.05) is 54.0 Å². The van der Waals surface area contributed by atoms with Gasteiger partial charge in [0, 0.05) is 16.2 Å². The first-order chi connectivity index (χ1) is 10.0. The molecule has 0 aliphatic heterocycles. The molecular formula is C18H18BrNO. The van der Waals surface area contributed by atoms with Crippen LogP contribution in [0.15, 0.2) is 59.1 Å². The molecule has 108 valence electrons. The summed E-state index contributed by atoms with van der Waals surface area (Å²) in [6.07, 6.45) is 3.34. The largest absolute Gasteiger partial charge is 0.323 e. The van der Waals surface area contributed by atoms with Gasteiger partial charge in [-0.15, -0.1) is 0 Å². The highest BCUT2D eigenvalue weighted by Gasteiger charge is 2.01. The Balaban J connectivity index is 1.96. The van der Waals surface area contributed by atoms with Crippen molar-refractivity contribution >= 4 is 33.6 Å². The zero-order chi connectivity index (χ0) is 15.2. The van der Waals surface area contributed by atoms with Crippen molar-refractivity contribution in [3.63, 3.8) is 0 Å². The maximum Gasteiger partial charge on any atom is 0.248 e. The van der Waals surface area contributed by atoms with Crippen molar-refractivity contribution in [1.82, 2.24) is 0 Å². The average molecular weight is 344 g/mol. The van der Waals surface area contributed by atoms with Gasteiger partial charge in [0.15, 0.2) is 0 Å². The summed E-state index contributed by atoms with van der Waals surface area (Å²) >= 11 is 3.38. The van der Waals surface area contributed by atoms with Crippen molar-refractivity contribution in [3.05, 3.63) is 70.2 Å². The average Bonchev–Trinajstić information content (AvgIpc) is 2.47. The molecule has 21 heavy (non-hydrogen) atoms. The Hall–Kier alpha value is -1.87. The lowest BCUT2D eigenvalue weighted by molar-refractivity contribution is -0.111. The third-order valence-corrected chi connectivity index (χ3v) is 3.67. The molecule has 0 aromatic heterocycles. The van der Waals surface area contributed by atoms with Crippen LogP contribution < -0.4 is 5.32 Å². The van der Waals surface area contributed by atoms with Crippen LogP contribution in [0.25, 0.3) is 6.08 Å². The van der Waals surface area contributed by atoms with Gasteiger partial charge in [0.2, 0.25) is 5.91 Å². The molecule has 0 saturated heterocycles. The summed E-state index contributed by atoms with van der Waals surface area (Å²) in [5.74, 6) is 0.363. The van der Waals surface area contributed by atoms with Crippen LogP contribution in [0.4, 0.5) is 5.69 Å². The van der Waals surface area contributed by atoms with Gasteiger partial charge < -0.3 is 5.32 Å². The molecule has 0 saturated carbocycles. The van der Waals surface area contributed by atoms with E-state index in [9.17, 15) is 4.79 Å². The van der Waals surface area contributed by atoms with Gasteiger partial charge in [-0.25, -0.2) is 0 Å². The Morgan fingerprint density at radius 2 is 1.67 bits per heavy atom. The second kappa shape index (κ2) is 7.23. The van der Waals surface area contributed by atoms with Crippen molar-refractivity contribution in [2.24, 2.45) is 0 Å². The minimum atomic E-state index is -0.129. The third-order valence-electron chi connectivity index (χ3n) is 3.14. The Kier molecular flexibility index (Phi) is 5.34. The Morgan fingerprint density at radius 1 is 1.05 bits per heavy atom. The standard InChI is InChI=1S/C18H18BrNO/c1-13(2)15-6-10-17(11-7-15)20-18(21)12-5-14-3-8-16(19)9-4-14/h3-13H,1-2H3,(H,20,21). The minimum Gasteiger partial charge on any atom is -0.323 e. The molecule has 1 N–H and O–H groups in total. The van der Waals surface area contributed by atoms with Gasteiger partial charge in [-0.3, -0.25) is 4.79 Å². The van der Waals surface area contributed by atoms with Crippen LogP contribution in [0.2, 0.25) is 0 Å². The van der Waals surface area contributed by atoms with Crippen LogP contribution in [0, 0.1) is 0 Å². The van der Waals surface area contributed by atoms with Gasteiger partial charge in [-0.2, -0.15) is 0 Å².